The number of hydrogen-bond donors (Lipinski definition) is 2. The molecule has 0 aliphatic rings. The van der Waals surface area contributed by atoms with E-state index in [0.717, 1.165) is 28.8 Å². The molecule has 0 atom stereocenters. The first kappa shape index (κ1) is 10.3. The van der Waals surface area contributed by atoms with E-state index in [-0.39, 0.29) is 0 Å². The zero-order chi connectivity index (χ0) is 9.84. The number of pyridine rings is 1. The number of nitrogens with zero attached hydrogens (tertiary/aromatic N) is 1. The largest absolute Gasteiger partial charge is 0.397 e. The number of nitrogen functional groups attached to an aromatic ring is 1. The Bertz CT molecular complexity index is 299. The Morgan fingerprint density at radius 3 is 2.92 bits per heavy atom. The Hall–Kier alpha value is -0.770. The summed E-state index contributed by atoms with van der Waals surface area (Å²) >= 11 is 3.46. The fourth-order valence-electron chi connectivity index (χ4n) is 0.959. The predicted octanol–water partition coefficient (Wildman–Crippen LogP) is 2.56. The van der Waals surface area contributed by atoms with Crippen molar-refractivity contribution in [3.05, 3.63) is 16.2 Å². The Morgan fingerprint density at radius 1 is 1.62 bits per heavy atom. The summed E-state index contributed by atoms with van der Waals surface area (Å²) in [4.78, 5) is 4.19. The van der Waals surface area contributed by atoms with Gasteiger partial charge in [0.25, 0.3) is 0 Å². The van der Waals surface area contributed by atoms with Crippen molar-refractivity contribution < 1.29 is 0 Å². The number of hydrogen-bond acceptors (Lipinski definition) is 3. The zero-order valence-electron chi connectivity index (χ0n) is 7.89. The van der Waals surface area contributed by atoms with Crippen LogP contribution in [0.2, 0.25) is 0 Å². The summed E-state index contributed by atoms with van der Waals surface area (Å²) in [5, 5.41) is 3.22. The number of halogens is 1. The first-order chi connectivity index (χ1) is 6.16. The highest BCUT2D eigenvalue weighted by atomic mass is 79.9. The number of anilines is 2. The van der Waals surface area contributed by atoms with Crippen LogP contribution in [0.4, 0.5) is 11.5 Å². The predicted molar refractivity (Wildman–Crippen MR) is 59.9 cm³/mol. The molecule has 13 heavy (non-hydrogen) atoms. The van der Waals surface area contributed by atoms with Gasteiger partial charge in [0.2, 0.25) is 0 Å². The van der Waals surface area contributed by atoms with Crippen LogP contribution >= 0.6 is 15.9 Å². The fraction of sp³-hybridized carbons (Fsp3) is 0.444. The van der Waals surface area contributed by atoms with Gasteiger partial charge in [-0.3, -0.25) is 0 Å². The highest BCUT2D eigenvalue weighted by Crippen LogP contribution is 2.27. The third kappa shape index (κ3) is 2.34. The minimum Gasteiger partial charge on any atom is -0.397 e. The molecule has 0 aliphatic heterocycles. The van der Waals surface area contributed by atoms with Gasteiger partial charge in [0.15, 0.2) is 0 Å². The van der Waals surface area contributed by atoms with E-state index in [0.29, 0.717) is 5.69 Å². The molecule has 3 nitrogen and oxygen atoms in total. The van der Waals surface area contributed by atoms with E-state index >= 15 is 0 Å². The van der Waals surface area contributed by atoms with E-state index < -0.39 is 0 Å². The van der Waals surface area contributed by atoms with Crippen LogP contribution in [-0.4, -0.2) is 11.5 Å². The van der Waals surface area contributed by atoms with E-state index in [4.69, 9.17) is 5.73 Å². The second-order valence-electron chi connectivity index (χ2n) is 2.93. The van der Waals surface area contributed by atoms with Gasteiger partial charge in [-0.05, 0) is 34.8 Å². The molecule has 72 valence electrons. The van der Waals surface area contributed by atoms with Crippen molar-refractivity contribution in [1.29, 1.82) is 0 Å². The highest BCUT2D eigenvalue weighted by molar-refractivity contribution is 9.10. The molecule has 1 aromatic rings. The maximum Gasteiger partial charge on any atom is 0.140 e. The van der Waals surface area contributed by atoms with Gasteiger partial charge in [-0.25, -0.2) is 4.98 Å². The van der Waals surface area contributed by atoms with E-state index in [1.807, 2.05) is 6.92 Å². The summed E-state index contributed by atoms with van der Waals surface area (Å²) in [6.07, 6.45) is 2.76. The number of rotatable bonds is 3. The van der Waals surface area contributed by atoms with Crippen LogP contribution in [0.25, 0.3) is 0 Å². The minimum atomic E-state index is 0.717. The molecule has 1 aromatic heterocycles. The van der Waals surface area contributed by atoms with Gasteiger partial charge in [-0.2, -0.15) is 0 Å². The lowest BCUT2D eigenvalue weighted by molar-refractivity contribution is 0.966. The standard InChI is InChI=1S/C9H14BrN3/c1-3-4-12-9-8(10)6(2)7(11)5-13-9/h5H,3-4,11H2,1-2H3,(H,12,13). The summed E-state index contributed by atoms with van der Waals surface area (Å²) in [5.74, 6) is 0.869. The normalized spacial score (nSPS) is 10.1. The maximum absolute atomic E-state index is 5.70. The third-order valence-corrected chi connectivity index (χ3v) is 2.82. The maximum atomic E-state index is 5.70. The quantitative estimate of drug-likeness (QED) is 0.859. The molecule has 1 rings (SSSR count). The monoisotopic (exact) mass is 243 g/mol. The Kier molecular flexibility index (Phi) is 3.54. The van der Waals surface area contributed by atoms with Crippen molar-refractivity contribution >= 4 is 27.4 Å². The Morgan fingerprint density at radius 2 is 2.31 bits per heavy atom. The van der Waals surface area contributed by atoms with Crippen LogP contribution in [0.3, 0.4) is 0 Å². The first-order valence-corrected chi connectivity index (χ1v) is 5.10. The molecule has 3 N–H and O–H groups in total. The second-order valence-corrected chi connectivity index (χ2v) is 3.72. The summed E-state index contributed by atoms with van der Waals surface area (Å²) in [7, 11) is 0. The number of nitrogens with two attached hydrogens (primary N) is 1. The molecule has 4 heteroatoms. The van der Waals surface area contributed by atoms with Crippen LogP contribution in [0.15, 0.2) is 10.7 Å². The van der Waals surface area contributed by atoms with Crippen molar-refractivity contribution in [3.8, 4) is 0 Å². The molecule has 0 aromatic carbocycles. The topological polar surface area (TPSA) is 50.9 Å². The number of nitrogens with one attached hydrogen (secondary N) is 1. The van der Waals surface area contributed by atoms with Crippen LogP contribution < -0.4 is 11.1 Å². The van der Waals surface area contributed by atoms with Crippen LogP contribution in [-0.2, 0) is 0 Å². The molecular weight excluding hydrogens is 230 g/mol. The van der Waals surface area contributed by atoms with E-state index in [1.54, 1.807) is 6.20 Å². The first-order valence-electron chi connectivity index (χ1n) is 4.31. The molecule has 0 aliphatic carbocycles. The summed E-state index contributed by atoms with van der Waals surface area (Å²) in [6.45, 7) is 5.01. The van der Waals surface area contributed by atoms with Gasteiger partial charge >= 0.3 is 0 Å². The summed E-state index contributed by atoms with van der Waals surface area (Å²) in [5.41, 5.74) is 7.45. The SMILES string of the molecule is CCCNc1ncc(N)c(C)c1Br. The molecular formula is C9H14BrN3. The number of aromatic nitrogens is 1. The van der Waals surface area contributed by atoms with Gasteiger partial charge in [0, 0.05) is 6.54 Å². The summed E-state index contributed by atoms with van der Waals surface area (Å²) < 4.78 is 0.959. The second kappa shape index (κ2) is 4.46. The molecule has 0 amide bonds. The molecule has 1 heterocycles. The Labute approximate surface area is 86.9 Å². The molecule has 0 bridgehead atoms. The average Bonchev–Trinajstić information content (AvgIpc) is 2.13. The highest BCUT2D eigenvalue weighted by Gasteiger charge is 2.05. The molecule has 0 saturated heterocycles. The van der Waals surface area contributed by atoms with Crippen LogP contribution in [0, 0.1) is 6.92 Å². The lowest BCUT2D eigenvalue weighted by Gasteiger charge is -2.09. The van der Waals surface area contributed by atoms with Gasteiger partial charge in [-0.15, -0.1) is 0 Å². The van der Waals surface area contributed by atoms with Gasteiger partial charge < -0.3 is 11.1 Å². The van der Waals surface area contributed by atoms with Crippen LogP contribution in [0.1, 0.15) is 18.9 Å². The van der Waals surface area contributed by atoms with E-state index in [1.165, 1.54) is 0 Å². The summed E-state index contributed by atoms with van der Waals surface area (Å²) in [6, 6.07) is 0. The Balaban J connectivity index is 2.90. The molecule has 0 unspecified atom stereocenters. The van der Waals surface area contributed by atoms with Gasteiger partial charge in [0.05, 0.1) is 16.4 Å². The van der Waals surface area contributed by atoms with Crippen molar-refractivity contribution in [2.75, 3.05) is 17.6 Å². The van der Waals surface area contributed by atoms with Crippen molar-refractivity contribution in [3.63, 3.8) is 0 Å². The van der Waals surface area contributed by atoms with Crippen molar-refractivity contribution in [2.24, 2.45) is 0 Å². The molecule has 0 spiro atoms. The third-order valence-electron chi connectivity index (χ3n) is 1.85. The van der Waals surface area contributed by atoms with Crippen molar-refractivity contribution in [2.45, 2.75) is 20.3 Å². The average molecular weight is 244 g/mol. The molecule has 0 fully saturated rings. The van der Waals surface area contributed by atoms with E-state index in [9.17, 15) is 0 Å². The lowest BCUT2D eigenvalue weighted by Crippen LogP contribution is -2.04. The fourth-order valence-corrected chi connectivity index (χ4v) is 1.43. The van der Waals surface area contributed by atoms with Gasteiger partial charge in [0.1, 0.15) is 5.82 Å². The van der Waals surface area contributed by atoms with Crippen molar-refractivity contribution in [1.82, 2.24) is 4.98 Å². The lowest BCUT2D eigenvalue weighted by atomic mass is 10.2. The molecule has 0 radical (unpaired) electrons. The van der Waals surface area contributed by atoms with Gasteiger partial charge in [-0.1, -0.05) is 6.92 Å². The smallest absolute Gasteiger partial charge is 0.140 e. The molecule has 0 saturated carbocycles. The van der Waals surface area contributed by atoms with E-state index in [2.05, 4.69) is 33.2 Å². The van der Waals surface area contributed by atoms with Crippen LogP contribution in [0.5, 0.6) is 0 Å². The zero-order valence-corrected chi connectivity index (χ0v) is 9.48. The minimum absolute atomic E-state index is 0.717.